The molecule has 2 unspecified atom stereocenters. The zero-order valence-electron chi connectivity index (χ0n) is 13.9. The van der Waals surface area contributed by atoms with E-state index >= 15 is 0 Å². The molecule has 140 valence electrons. The van der Waals surface area contributed by atoms with E-state index in [9.17, 15) is 27.6 Å². The van der Waals surface area contributed by atoms with Crippen LogP contribution in [-0.4, -0.2) is 54.6 Å². The molecular weight excluding hydrogens is 341 g/mol. The highest BCUT2D eigenvalue weighted by Gasteiger charge is 2.45. The minimum absolute atomic E-state index is 0.0952. The van der Waals surface area contributed by atoms with E-state index in [-0.39, 0.29) is 24.8 Å². The fraction of sp³-hybridized carbons (Fsp3) is 0.562. The van der Waals surface area contributed by atoms with Gasteiger partial charge in [-0.15, -0.1) is 6.58 Å². The predicted octanol–water partition coefficient (Wildman–Crippen LogP) is 1.58. The summed E-state index contributed by atoms with van der Waals surface area (Å²) in [5, 5.41) is 2.58. The number of halogens is 3. The summed E-state index contributed by atoms with van der Waals surface area (Å²) < 4.78 is 40.7. The first-order chi connectivity index (χ1) is 11.5. The molecule has 0 aliphatic carbocycles. The Morgan fingerprint density at radius 3 is 2.52 bits per heavy atom. The number of hydrogen-bond donors (Lipinski definition) is 1. The third-order valence-corrected chi connectivity index (χ3v) is 3.81. The van der Waals surface area contributed by atoms with Crippen LogP contribution in [0.25, 0.3) is 0 Å². The van der Waals surface area contributed by atoms with Gasteiger partial charge in [-0.2, -0.15) is 13.2 Å². The van der Waals surface area contributed by atoms with Crippen LogP contribution in [0.1, 0.15) is 19.8 Å². The Morgan fingerprint density at radius 2 is 2.00 bits per heavy atom. The lowest BCUT2D eigenvalue weighted by atomic mass is 10.1. The normalized spacial score (nSPS) is 20.8. The van der Waals surface area contributed by atoms with Crippen LogP contribution in [0.15, 0.2) is 24.8 Å². The summed E-state index contributed by atoms with van der Waals surface area (Å²) in [6.45, 7) is 9.81. The number of ether oxygens (including phenoxy) is 1. The number of amides is 1. The lowest BCUT2D eigenvalue weighted by Crippen LogP contribution is -2.41. The molecule has 1 aliphatic rings. The number of alkyl halides is 3. The van der Waals surface area contributed by atoms with E-state index in [1.807, 2.05) is 0 Å². The van der Waals surface area contributed by atoms with Crippen molar-refractivity contribution in [3.8, 4) is 0 Å². The lowest BCUT2D eigenvalue weighted by Gasteiger charge is -2.23. The van der Waals surface area contributed by atoms with Crippen LogP contribution < -0.4 is 5.32 Å². The first-order valence-electron chi connectivity index (χ1n) is 7.65. The topological polar surface area (TPSA) is 75.7 Å². The number of likely N-dealkylation sites (tertiary alicyclic amines) is 1. The highest BCUT2D eigenvalue weighted by molar-refractivity contribution is 5.91. The van der Waals surface area contributed by atoms with E-state index in [1.165, 1.54) is 6.92 Å². The smallest absolute Gasteiger partial charge is 0.385 e. The SMILES string of the molecule is C=CC1CC(C(=O)OC(=O)C(F)(F)F)N(CCC(=C)CNC(C)=O)C1. The van der Waals surface area contributed by atoms with Gasteiger partial charge in [0.05, 0.1) is 0 Å². The van der Waals surface area contributed by atoms with Crippen molar-refractivity contribution in [1.29, 1.82) is 0 Å². The maximum Gasteiger partial charge on any atom is 0.491 e. The first-order valence-corrected chi connectivity index (χ1v) is 7.65. The van der Waals surface area contributed by atoms with Gasteiger partial charge in [0, 0.05) is 26.6 Å². The van der Waals surface area contributed by atoms with Gasteiger partial charge in [0.15, 0.2) is 0 Å². The molecule has 25 heavy (non-hydrogen) atoms. The molecule has 0 radical (unpaired) electrons. The molecule has 0 bridgehead atoms. The van der Waals surface area contributed by atoms with Crippen LogP contribution in [0.2, 0.25) is 0 Å². The maximum atomic E-state index is 12.2. The minimum Gasteiger partial charge on any atom is -0.385 e. The van der Waals surface area contributed by atoms with Crippen LogP contribution in [0.3, 0.4) is 0 Å². The van der Waals surface area contributed by atoms with Gasteiger partial charge >= 0.3 is 18.1 Å². The number of rotatable bonds is 7. The molecule has 2 atom stereocenters. The van der Waals surface area contributed by atoms with Crippen molar-refractivity contribution in [2.24, 2.45) is 5.92 Å². The van der Waals surface area contributed by atoms with Gasteiger partial charge < -0.3 is 10.1 Å². The molecule has 0 saturated carbocycles. The van der Waals surface area contributed by atoms with Gasteiger partial charge in [0.2, 0.25) is 5.91 Å². The Balaban J connectivity index is 2.64. The fourth-order valence-corrected chi connectivity index (χ4v) is 2.46. The molecule has 0 spiro atoms. The Kier molecular flexibility index (Phi) is 7.35. The van der Waals surface area contributed by atoms with Crippen LogP contribution in [-0.2, 0) is 19.1 Å². The highest BCUT2D eigenvalue weighted by atomic mass is 19.4. The molecule has 1 amide bonds. The van der Waals surface area contributed by atoms with Crippen molar-refractivity contribution in [2.45, 2.75) is 32.0 Å². The maximum absolute atomic E-state index is 12.2. The molecule has 6 nitrogen and oxygen atoms in total. The van der Waals surface area contributed by atoms with Gasteiger partial charge in [-0.1, -0.05) is 18.2 Å². The van der Waals surface area contributed by atoms with Gasteiger partial charge in [0.25, 0.3) is 0 Å². The molecular formula is C16H21F3N2O4. The Hall–Kier alpha value is -2.16. The summed E-state index contributed by atoms with van der Waals surface area (Å²) in [6.07, 6.45) is -2.95. The van der Waals surface area contributed by atoms with Gasteiger partial charge in [-0.3, -0.25) is 9.69 Å². The third kappa shape index (κ3) is 6.69. The van der Waals surface area contributed by atoms with Crippen molar-refractivity contribution >= 4 is 17.8 Å². The van der Waals surface area contributed by atoms with Crippen molar-refractivity contribution in [3.63, 3.8) is 0 Å². The largest absolute Gasteiger partial charge is 0.491 e. The number of esters is 2. The highest BCUT2D eigenvalue weighted by Crippen LogP contribution is 2.26. The van der Waals surface area contributed by atoms with E-state index in [4.69, 9.17) is 0 Å². The monoisotopic (exact) mass is 362 g/mol. The third-order valence-electron chi connectivity index (χ3n) is 3.81. The van der Waals surface area contributed by atoms with E-state index in [0.717, 1.165) is 0 Å². The molecule has 1 rings (SSSR count). The molecule has 0 aromatic heterocycles. The van der Waals surface area contributed by atoms with Crippen molar-refractivity contribution in [2.75, 3.05) is 19.6 Å². The number of carbonyl (C=O) groups excluding carboxylic acids is 3. The Morgan fingerprint density at radius 1 is 1.36 bits per heavy atom. The van der Waals surface area contributed by atoms with Crippen molar-refractivity contribution in [3.05, 3.63) is 24.8 Å². The first kappa shape index (κ1) is 20.9. The van der Waals surface area contributed by atoms with Crippen LogP contribution >= 0.6 is 0 Å². The van der Waals surface area contributed by atoms with Gasteiger partial charge in [-0.05, 0) is 18.8 Å². The second kappa shape index (κ2) is 8.80. The number of carbonyl (C=O) groups is 3. The summed E-state index contributed by atoms with van der Waals surface area (Å²) in [6, 6.07) is -0.956. The van der Waals surface area contributed by atoms with E-state index < -0.39 is 24.2 Å². The zero-order valence-corrected chi connectivity index (χ0v) is 13.9. The van der Waals surface area contributed by atoms with Gasteiger partial charge in [-0.25, -0.2) is 9.59 Å². The molecule has 1 aliphatic heterocycles. The lowest BCUT2D eigenvalue weighted by molar-refractivity contribution is -0.203. The summed E-state index contributed by atoms with van der Waals surface area (Å²) in [4.78, 5) is 35.3. The van der Waals surface area contributed by atoms with E-state index in [1.54, 1.807) is 11.0 Å². The Labute approximate surface area is 143 Å². The average molecular weight is 362 g/mol. The average Bonchev–Trinajstić information content (AvgIpc) is 2.93. The van der Waals surface area contributed by atoms with Crippen LogP contribution in [0.5, 0.6) is 0 Å². The number of nitrogens with zero attached hydrogens (tertiary/aromatic N) is 1. The van der Waals surface area contributed by atoms with Gasteiger partial charge in [0.1, 0.15) is 6.04 Å². The van der Waals surface area contributed by atoms with Crippen LogP contribution in [0.4, 0.5) is 13.2 Å². The molecule has 9 heteroatoms. The standard InChI is InChI=1S/C16H21F3N2O4/c1-4-12-7-13(14(23)25-15(24)16(17,18)19)21(9-12)6-5-10(2)8-20-11(3)22/h4,12-13H,1-2,5-9H2,3H3,(H,20,22). The summed E-state index contributed by atoms with van der Waals surface area (Å²) in [5.41, 5.74) is 0.704. The zero-order chi connectivity index (χ0) is 19.2. The molecule has 1 fully saturated rings. The molecule has 0 aromatic rings. The van der Waals surface area contributed by atoms with Crippen molar-refractivity contribution in [1.82, 2.24) is 10.2 Å². The quantitative estimate of drug-likeness (QED) is 0.423. The second-order valence-corrected chi connectivity index (χ2v) is 5.86. The number of hydrogen-bond acceptors (Lipinski definition) is 5. The predicted molar refractivity (Wildman–Crippen MR) is 83.3 cm³/mol. The summed E-state index contributed by atoms with van der Waals surface area (Å²) in [5.74, 6) is -4.04. The summed E-state index contributed by atoms with van der Waals surface area (Å²) in [7, 11) is 0. The molecule has 1 heterocycles. The Bertz CT molecular complexity index is 560. The fourth-order valence-electron chi connectivity index (χ4n) is 2.46. The summed E-state index contributed by atoms with van der Waals surface area (Å²) >= 11 is 0. The minimum atomic E-state index is -5.22. The van der Waals surface area contributed by atoms with E-state index in [0.29, 0.717) is 25.1 Å². The van der Waals surface area contributed by atoms with Crippen LogP contribution in [0, 0.1) is 5.92 Å². The van der Waals surface area contributed by atoms with Crippen molar-refractivity contribution < 1.29 is 32.3 Å². The molecule has 1 saturated heterocycles. The second-order valence-electron chi connectivity index (χ2n) is 5.86. The molecule has 1 N–H and O–H groups in total. The molecule has 0 aromatic carbocycles. The number of nitrogens with one attached hydrogen (secondary N) is 1. The van der Waals surface area contributed by atoms with E-state index in [2.05, 4.69) is 23.2 Å².